The molecule has 1 aliphatic rings. The zero-order chi connectivity index (χ0) is 13.8. The van der Waals surface area contributed by atoms with E-state index >= 15 is 0 Å². The second-order valence-corrected chi connectivity index (χ2v) is 4.74. The van der Waals surface area contributed by atoms with Crippen LogP contribution in [0.25, 0.3) is 0 Å². The Bertz CT molecular complexity index is 485. The maximum Gasteiger partial charge on any atom is 0.323 e. The average Bonchev–Trinajstić information content (AvgIpc) is 2.88. The Balaban J connectivity index is 2.24. The molecule has 1 aromatic rings. The number of carbonyl (C=O) groups is 2. The summed E-state index contributed by atoms with van der Waals surface area (Å²) in [4.78, 5) is 24.4. The van der Waals surface area contributed by atoms with Crippen molar-refractivity contribution in [3.63, 3.8) is 0 Å². The molecule has 19 heavy (non-hydrogen) atoms. The third-order valence-corrected chi connectivity index (χ3v) is 3.12. The van der Waals surface area contributed by atoms with Crippen LogP contribution in [0.4, 0.5) is 5.69 Å². The number of hydrogen-bond donors (Lipinski definition) is 1. The van der Waals surface area contributed by atoms with Crippen LogP contribution in [-0.2, 0) is 14.3 Å². The molecule has 102 valence electrons. The van der Waals surface area contributed by atoms with Gasteiger partial charge in [-0.15, -0.1) is 0 Å². The standard InChI is InChI=1S/C13H14ClNO4/c14-9-3-1-4-10(7-9)15(8-12(16)17)13(18)11-5-2-6-19-11/h1,3-4,7,11H,2,5-6,8H2,(H,16,17). The van der Waals surface area contributed by atoms with E-state index in [1.165, 1.54) is 4.90 Å². The number of ether oxygens (including phenoxy) is 1. The summed E-state index contributed by atoms with van der Waals surface area (Å²) in [5.74, 6) is -1.41. The average molecular weight is 284 g/mol. The van der Waals surface area contributed by atoms with Crippen molar-refractivity contribution in [1.29, 1.82) is 0 Å². The van der Waals surface area contributed by atoms with Crippen molar-refractivity contribution in [2.45, 2.75) is 18.9 Å². The number of hydrogen-bond acceptors (Lipinski definition) is 3. The number of carbonyl (C=O) groups excluding carboxylic acids is 1. The molecule has 5 nitrogen and oxygen atoms in total. The van der Waals surface area contributed by atoms with Crippen LogP contribution in [0.15, 0.2) is 24.3 Å². The Morgan fingerprint density at radius 1 is 1.47 bits per heavy atom. The number of anilines is 1. The molecule has 0 saturated carbocycles. The Labute approximate surface area is 115 Å². The minimum Gasteiger partial charge on any atom is -0.480 e. The van der Waals surface area contributed by atoms with Crippen molar-refractivity contribution in [3.05, 3.63) is 29.3 Å². The van der Waals surface area contributed by atoms with Gasteiger partial charge in [-0.05, 0) is 31.0 Å². The molecule has 1 amide bonds. The van der Waals surface area contributed by atoms with Crippen molar-refractivity contribution >= 4 is 29.2 Å². The van der Waals surface area contributed by atoms with Crippen molar-refractivity contribution in [3.8, 4) is 0 Å². The molecule has 1 atom stereocenters. The van der Waals surface area contributed by atoms with E-state index in [0.29, 0.717) is 23.7 Å². The van der Waals surface area contributed by atoms with Crippen LogP contribution in [0.3, 0.4) is 0 Å². The Morgan fingerprint density at radius 2 is 2.26 bits per heavy atom. The topological polar surface area (TPSA) is 66.8 Å². The van der Waals surface area contributed by atoms with Gasteiger partial charge in [0, 0.05) is 17.3 Å². The molecule has 0 radical (unpaired) electrons. The van der Waals surface area contributed by atoms with Gasteiger partial charge in [0.2, 0.25) is 0 Å². The first kappa shape index (κ1) is 13.8. The fraction of sp³-hybridized carbons (Fsp3) is 0.385. The van der Waals surface area contributed by atoms with Crippen LogP contribution in [0.5, 0.6) is 0 Å². The highest BCUT2D eigenvalue weighted by molar-refractivity contribution is 6.31. The summed E-state index contributed by atoms with van der Waals surface area (Å²) in [6.07, 6.45) is 0.876. The first-order chi connectivity index (χ1) is 9.08. The van der Waals surface area contributed by atoms with Crippen LogP contribution in [0, 0.1) is 0 Å². The van der Waals surface area contributed by atoms with Gasteiger partial charge in [0.25, 0.3) is 5.91 Å². The molecule has 1 saturated heterocycles. The monoisotopic (exact) mass is 283 g/mol. The van der Waals surface area contributed by atoms with E-state index in [0.717, 1.165) is 6.42 Å². The van der Waals surface area contributed by atoms with E-state index in [1.807, 2.05) is 0 Å². The molecule has 0 spiro atoms. The summed E-state index contributed by atoms with van der Waals surface area (Å²) in [5.41, 5.74) is 0.468. The number of halogens is 1. The second-order valence-electron chi connectivity index (χ2n) is 4.30. The van der Waals surface area contributed by atoms with Crippen molar-refractivity contribution < 1.29 is 19.4 Å². The largest absolute Gasteiger partial charge is 0.480 e. The highest BCUT2D eigenvalue weighted by atomic mass is 35.5. The number of aliphatic carboxylic acids is 1. The molecule has 1 aromatic carbocycles. The molecule has 2 rings (SSSR count). The molecule has 1 aliphatic heterocycles. The predicted octanol–water partition coefficient (Wildman–Crippen LogP) is 1.94. The number of nitrogens with zero attached hydrogens (tertiary/aromatic N) is 1. The predicted molar refractivity (Wildman–Crippen MR) is 70.4 cm³/mol. The summed E-state index contributed by atoms with van der Waals surface area (Å²) in [7, 11) is 0. The zero-order valence-corrected chi connectivity index (χ0v) is 11.0. The van der Waals surface area contributed by atoms with E-state index < -0.39 is 18.6 Å². The Morgan fingerprint density at radius 3 is 2.84 bits per heavy atom. The van der Waals surface area contributed by atoms with E-state index in [4.69, 9.17) is 21.4 Å². The van der Waals surface area contributed by atoms with Crippen LogP contribution in [0.1, 0.15) is 12.8 Å². The Hall–Kier alpha value is -1.59. The summed E-state index contributed by atoms with van der Waals surface area (Å²) >= 11 is 5.87. The van der Waals surface area contributed by atoms with Crippen LogP contribution in [-0.4, -0.2) is 36.2 Å². The van der Waals surface area contributed by atoms with Crippen LogP contribution >= 0.6 is 11.6 Å². The molecule has 1 N–H and O–H groups in total. The maximum atomic E-state index is 12.3. The zero-order valence-electron chi connectivity index (χ0n) is 10.2. The Kier molecular flexibility index (Phi) is 4.39. The van der Waals surface area contributed by atoms with Gasteiger partial charge in [0.15, 0.2) is 0 Å². The first-order valence-electron chi connectivity index (χ1n) is 5.98. The molecule has 0 aromatic heterocycles. The molecule has 1 unspecified atom stereocenters. The fourth-order valence-corrected chi connectivity index (χ4v) is 2.21. The number of carboxylic acid groups (broad SMARTS) is 1. The van der Waals surface area contributed by atoms with Gasteiger partial charge in [0.05, 0.1) is 0 Å². The smallest absolute Gasteiger partial charge is 0.323 e. The number of amides is 1. The molecular formula is C13H14ClNO4. The summed E-state index contributed by atoms with van der Waals surface area (Å²) in [5, 5.41) is 9.39. The van der Waals surface area contributed by atoms with Gasteiger partial charge >= 0.3 is 5.97 Å². The summed E-state index contributed by atoms with van der Waals surface area (Å²) in [6, 6.07) is 6.56. The van der Waals surface area contributed by atoms with E-state index in [2.05, 4.69) is 0 Å². The lowest BCUT2D eigenvalue weighted by Gasteiger charge is -2.23. The maximum absolute atomic E-state index is 12.3. The highest BCUT2D eigenvalue weighted by Crippen LogP contribution is 2.23. The lowest BCUT2D eigenvalue weighted by Crippen LogP contribution is -2.42. The number of carboxylic acids is 1. The molecule has 1 heterocycles. The third-order valence-electron chi connectivity index (χ3n) is 2.88. The number of benzene rings is 1. The fourth-order valence-electron chi connectivity index (χ4n) is 2.02. The van der Waals surface area contributed by atoms with Crippen LogP contribution < -0.4 is 4.90 Å². The highest BCUT2D eigenvalue weighted by Gasteiger charge is 2.30. The van der Waals surface area contributed by atoms with Gasteiger partial charge < -0.3 is 9.84 Å². The molecular weight excluding hydrogens is 270 g/mol. The lowest BCUT2D eigenvalue weighted by molar-refractivity contribution is -0.137. The van der Waals surface area contributed by atoms with Gasteiger partial charge in [-0.1, -0.05) is 17.7 Å². The van der Waals surface area contributed by atoms with Crippen LogP contribution in [0.2, 0.25) is 5.02 Å². The summed E-state index contributed by atoms with van der Waals surface area (Å²) in [6.45, 7) is 0.131. The van der Waals surface area contributed by atoms with Crippen molar-refractivity contribution in [2.24, 2.45) is 0 Å². The molecule has 6 heteroatoms. The first-order valence-corrected chi connectivity index (χ1v) is 6.36. The molecule has 1 fully saturated rings. The van der Waals surface area contributed by atoms with Gasteiger partial charge in [-0.3, -0.25) is 14.5 Å². The normalized spacial score (nSPS) is 18.3. The van der Waals surface area contributed by atoms with Gasteiger partial charge in [-0.2, -0.15) is 0 Å². The minimum absolute atomic E-state index is 0.331. The number of rotatable bonds is 4. The van der Waals surface area contributed by atoms with Crippen molar-refractivity contribution in [1.82, 2.24) is 0 Å². The van der Waals surface area contributed by atoms with E-state index in [9.17, 15) is 9.59 Å². The van der Waals surface area contributed by atoms with Crippen molar-refractivity contribution in [2.75, 3.05) is 18.1 Å². The quantitative estimate of drug-likeness (QED) is 0.917. The third kappa shape index (κ3) is 3.45. The SMILES string of the molecule is O=C(O)CN(C(=O)C1CCCO1)c1cccc(Cl)c1. The lowest BCUT2D eigenvalue weighted by atomic mass is 10.2. The second kappa shape index (κ2) is 6.04. The minimum atomic E-state index is -1.08. The summed E-state index contributed by atoms with van der Waals surface area (Å²) < 4.78 is 5.31. The van der Waals surface area contributed by atoms with Gasteiger partial charge in [-0.25, -0.2) is 0 Å². The molecule has 0 bridgehead atoms. The van der Waals surface area contributed by atoms with Gasteiger partial charge in [0.1, 0.15) is 12.6 Å². The van der Waals surface area contributed by atoms with E-state index in [-0.39, 0.29) is 5.91 Å². The molecule has 0 aliphatic carbocycles. The van der Waals surface area contributed by atoms with E-state index in [1.54, 1.807) is 24.3 Å².